The van der Waals surface area contributed by atoms with Crippen molar-refractivity contribution in [3.8, 4) is 11.5 Å². The fraction of sp³-hybridized carbons (Fsp3) is 0.417. The van der Waals surface area contributed by atoms with Gasteiger partial charge in [0.15, 0.2) is 0 Å². The van der Waals surface area contributed by atoms with E-state index in [1.807, 2.05) is 38.2 Å². The summed E-state index contributed by atoms with van der Waals surface area (Å²) in [6, 6.07) is 7.61. The second-order valence-corrected chi connectivity index (χ2v) is 4.75. The highest BCUT2D eigenvalue weighted by molar-refractivity contribution is 7.99. The molecular weight excluding hydrogens is 264 g/mol. The maximum atomic E-state index is 5.62. The van der Waals surface area contributed by atoms with Crippen LogP contribution in [0.1, 0.15) is 6.92 Å². The third kappa shape index (κ3) is 4.13. The van der Waals surface area contributed by atoms with Crippen LogP contribution in [0.15, 0.2) is 29.4 Å². The number of nitrogens with zero attached hydrogens (tertiary/aromatic N) is 4. The lowest BCUT2D eigenvalue weighted by Crippen LogP contribution is -2.02. The number of ether oxygens (including phenoxy) is 2. The van der Waals surface area contributed by atoms with Gasteiger partial charge < -0.3 is 9.47 Å². The lowest BCUT2D eigenvalue weighted by atomic mass is 10.3. The van der Waals surface area contributed by atoms with Crippen molar-refractivity contribution >= 4 is 11.8 Å². The largest absolute Gasteiger partial charge is 0.494 e. The van der Waals surface area contributed by atoms with Crippen LogP contribution in [0, 0.1) is 0 Å². The van der Waals surface area contributed by atoms with E-state index in [0.717, 1.165) is 22.4 Å². The summed E-state index contributed by atoms with van der Waals surface area (Å²) in [6.45, 7) is 3.23. The Balaban J connectivity index is 1.72. The van der Waals surface area contributed by atoms with E-state index in [1.54, 1.807) is 16.4 Å². The molecule has 0 saturated heterocycles. The third-order valence-corrected chi connectivity index (χ3v) is 3.27. The smallest absolute Gasteiger partial charge is 0.209 e. The molecular formula is C12H16N4O2S. The maximum Gasteiger partial charge on any atom is 0.209 e. The molecule has 0 saturated carbocycles. The molecule has 0 aliphatic carbocycles. The molecule has 19 heavy (non-hydrogen) atoms. The van der Waals surface area contributed by atoms with E-state index in [2.05, 4.69) is 15.5 Å². The van der Waals surface area contributed by atoms with E-state index in [0.29, 0.717) is 13.2 Å². The second-order valence-electron chi connectivity index (χ2n) is 3.69. The Hall–Kier alpha value is -1.76. The van der Waals surface area contributed by atoms with Gasteiger partial charge in [-0.3, -0.25) is 0 Å². The van der Waals surface area contributed by atoms with Crippen LogP contribution in [-0.4, -0.2) is 39.2 Å². The predicted molar refractivity (Wildman–Crippen MR) is 72.6 cm³/mol. The topological polar surface area (TPSA) is 62.1 Å². The number of tetrazole rings is 1. The molecule has 2 rings (SSSR count). The monoisotopic (exact) mass is 280 g/mol. The van der Waals surface area contributed by atoms with Crippen LogP contribution >= 0.6 is 11.8 Å². The molecule has 1 aromatic heterocycles. The van der Waals surface area contributed by atoms with Crippen LogP contribution < -0.4 is 9.47 Å². The molecule has 1 aromatic carbocycles. The molecule has 0 spiro atoms. The van der Waals surface area contributed by atoms with Gasteiger partial charge in [-0.25, -0.2) is 4.68 Å². The van der Waals surface area contributed by atoms with Crippen molar-refractivity contribution in [1.82, 2.24) is 20.2 Å². The Bertz CT molecular complexity index is 501. The van der Waals surface area contributed by atoms with Crippen LogP contribution in [0.5, 0.6) is 11.5 Å². The normalized spacial score (nSPS) is 10.4. The maximum absolute atomic E-state index is 5.62. The molecule has 0 atom stereocenters. The van der Waals surface area contributed by atoms with E-state index in [9.17, 15) is 0 Å². The highest BCUT2D eigenvalue weighted by Gasteiger charge is 2.02. The molecule has 0 aliphatic heterocycles. The van der Waals surface area contributed by atoms with Crippen LogP contribution in [0.25, 0.3) is 0 Å². The molecule has 6 nitrogen and oxygen atoms in total. The van der Waals surface area contributed by atoms with E-state index < -0.39 is 0 Å². The molecule has 0 radical (unpaired) electrons. The Morgan fingerprint density at radius 3 is 2.42 bits per heavy atom. The summed E-state index contributed by atoms with van der Waals surface area (Å²) in [5, 5.41) is 12.0. The average Bonchev–Trinajstić information content (AvgIpc) is 2.83. The van der Waals surface area contributed by atoms with Crippen molar-refractivity contribution in [2.75, 3.05) is 19.0 Å². The average molecular weight is 280 g/mol. The van der Waals surface area contributed by atoms with Gasteiger partial charge in [-0.1, -0.05) is 11.8 Å². The Morgan fingerprint density at radius 2 is 1.84 bits per heavy atom. The second kappa shape index (κ2) is 6.98. The highest BCUT2D eigenvalue weighted by atomic mass is 32.2. The number of aromatic nitrogens is 4. The van der Waals surface area contributed by atoms with E-state index in [-0.39, 0.29) is 0 Å². The number of hydrogen-bond donors (Lipinski definition) is 0. The summed E-state index contributed by atoms with van der Waals surface area (Å²) < 4.78 is 12.6. The molecule has 7 heteroatoms. The molecule has 0 fully saturated rings. The lowest BCUT2D eigenvalue weighted by molar-refractivity contribution is 0.332. The standard InChI is InChI=1S/C12H16N4O2S/c1-3-17-10-4-6-11(7-5-10)18-8-9-19-12-13-14-15-16(12)2/h4-7H,3,8-9H2,1-2H3. The lowest BCUT2D eigenvalue weighted by Gasteiger charge is -2.07. The van der Waals surface area contributed by atoms with Crippen LogP contribution in [-0.2, 0) is 7.05 Å². The van der Waals surface area contributed by atoms with Crippen LogP contribution in [0.2, 0.25) is 0 Å². The predicted octanol–water partition coefficient (Wildman–Crippen LogP) is 1.78. The van der Waals surface area contributed by atoms with Gasteiger partial charge in [0.25, 0.3) is 0 Å². The molecule has 0 bridgehead atoms. The van der Waals surface area contributed by atoms with Crippen molar-refractivity contribution in [2.45, 2.75) is 12.1 Å². The number of aryl methyl sites for hydroxylation is 1. The zero-order valence-corrected chi connectivity index (χ0v) is 11.8. The Labute approximate surface area is 116 Å². The summed E-state index contributed by atoms with van der Waals surface area (Å²) in [6.07, 6.45) is 0. The number of rotatable bonds is 7. The summed E-state index contributed by atoms with van der Waals surface area (Å²) in [4.78, 5) is 0. The zero-order valence-electron chi connectivity index (χ0n) is 10.9. The van der Waals surface area contributed by atoms with Gasteiger partial charge >= 0.3 is 0 Å². The van der Waals surface area contributed by atoms with E-state index in [4.69, 9.17) is 9.47 Å². The Morgan fingerprint density at radius 1 is 1.16 bits per heavy atom. The molecule has 0 N–H and O–H groups in total. The molecule has 0 unspecified atom stereocenters. The van der Waals surface area contributed by atoms with Gasteiger partial charge in [-0.2, -0.15) is 0 Å². The minimum absolute atomic E-state index is 0.603. The minimum Gasteiger partial charge on any atom is -0.494 e. The number of thioether (sulfide) groups is 1. The fourth-order valence-corrected chi connectivity index (χ4v) is 2.10. The van der Waals surface area contributed by atoms with Crippen LogP contribution in [0.3, 0.4) is 0 Å². The summed E-state index contributed by atoms with van der Waals surface area (Å²) in [5.74, 6) is 2.48. The minimum atomic E-state index is 0.603. The van der Waals surface area contributed by atoms with Crippen molar-refractivity contribution in [2.24, 2.45) is 7.05 Å². The fourth-order valence-electron chi connectivity index (χ4n) is 1.43. The van der Waals surface area contributed by atoms with Crippen molar-refractivity contribution in [1.29, 1.82) is 0 Å². The van der Waals surface area contributed by atoms with Gasteiger partial charge in [-0.15, -0.1) is 5.10 Å². The molecule has 1 heterocycles. The van der Waals surface area contributed by atoms with Gasteiger partial charge in [0.05, 0.1) is 13.2 Å². The SMILES string of the molecule is CCOc1ccc(OCCSc2nnnn2C)cc1. The van der Waals surface area contributed by atoms with Crippen molar-refractivity contribution < 1.29 is 9.47 Å². The van der Waals surface area contributed by atoms with Crippen molar-refractivity contribution in [3.05, 3.63) is 24.3 Å². The summed E-state index contributed by atoms with van der Waals surface area (Å²) in [7, 11) is 1.82. The van der Waals surface area contributed by atoms with Gasteiger partial charge in [-0.05, 0) is 41.6 Å². The highest BCUT2D eigenvalue weighted by Crippen LogP contribution is 2.18. The van der Waals surface area contributed by atoms with E-state index >= 15 is 0 Å². The first-order chi connectivity index (χ1) is 9.29. The molecule has 0 amide bonds. The first-order valence-corrected chi connectivity index (χ1v) is 6.99. The first kappa shape index (κ1) is 13.7. The number of benzene rings is 1. The zero-order chi connectivity index (χ0) is 13.5. The quantitative estimate of drug-likeness (QED) is 0.569. The van der Waals surface area contributed by atoms with Gasteiger partial charge in [0.2, 0.25) is 5.16 Å². The van der Waals surface area contributed by atoms with E-state index in [1.165, 1.54) is 0 Å². The van der Waals surface area contributed by atoms with Crippen LogP contribution in [0.4, 0.5) is 0 Å². The van der Waals surface area contributed by atoms with Gasteiger partial charge in [0.1, 0.15) is 11.5 Å². The molecule has 2 aromatic rings. The first-order valence-electron chi connectivity index (χ1n) is 6.00. The Kier molecular flexibility index (Phi) is 5.02. The summed E-state index contributed by atoms with van der Waals surface area (Å²) in [5.41, 5.74) is 0. The number of hydrogen-bond acceptors (Lipinski definition) is 6. The third-order valence-electron chi connectivity index (χ3n) is 2.30. The summed E-state index contributed by atoms with van der Waals surface area (Å²) >= 11 is 1.56. The van der Waals surface area contributed by atoms with Crippen molar-refractivity contribution in [3.63, 3.8) is 0 Å². The molecule has 0 aliphatic rings. The molecule has 102 valence electrons. The van der Waals surface area contributed by atoms with Gasteiger partial charge in [0, 0.05) is 12.8 Å².